The molecule has 0 radical (unpaired) electrons. The number of carbonyl (C=O) groups excluding carboxylic acids is 1. The minimum atomic E-state index is 0.197. The Labute approximate surface area is 134 Å². The lowest BCUT2D eigenvalue weighted by atomic mass is 10.1. The second kappa shape index (κ2) is 8.30. The summed E-state index contributed by atoms with van der Waals surface area (Å²) in [5.41, 5.74) is 2.46. The molecule has 2 rings (SSSR count). The first-order valence-corrected chi connectivity index (χ1v) is 8.27. The lowest BCUT2D eigenvalue weighted by Gasteiger charge is -2.28. The van der Waals surface area contributed by atoms with Crippen molar-refractivity contribution in [2.75, 3.05) is 33.7 Å². The minimum absolute atomic E-state index is 0.197. The number of rotatable bonds is 5. The molecule has 1 fully saturated rings. The van der Waals surface area contributed by atoms with E-state index >= 15 is 0 Å². The van der Waals surface area contributed by atoms with Gasteiger partial charge in [0, 0.05) is 19.6 Å². The van der Waals surface area contributed by atoms with Crippen LogP contribution in [0.4, 0.5) is 0 Å². The molecule has 122 valence electrons. The van der Waals surface area contributed by atoms with Gasteiger partial charge in [0.2, 0.25) is 5.91 Å². The summed E-state index contributed by atoms with van der Waals surface area (Å²) in [6, 6.07) is 8.78. The zero-order valence-corrected chi connectivity index (χ0v) is 14.1. The normalized spacial score (nSPS) is 19.0. The molecule has 0 bridgehead atoms. The number of carbonyl (C=O) groups is 1. The molecule has 0 aliphatic carbocycles. The molecule has 1 amide bonds. The van der Waals surface area contributed by atoms with Crippen molar-refractivity contribution in [3.63, 3.8) is 0 Å². The Balaban J connectivity index is 1.86. The van der Waals surface area contributed by atoms with Gasteiger partial charge in [-0.1, -0.05) is 24.3 Å². The Kier molecular flexibility index (Phi) is 6.40. The minimum Gasteiger partial charge on any atom is -0.340 e. The van der Waals surface area contributed by atoms with Crippen molar-refractivity contribution in [2.24, 2.45) is 0 Å². The fourth-order valence-electron chi connectivity index (χ4n) is 3.04. The predicted molar refractivity (Wildman–Crippen MR) is 90.8 cm³/mol. The highest BCUT2D eigenvalue weighted by atomic mass is 16.2. The van der Waals surface area contributed by atoms with Gasteiger partial charge in [-0.3, -0.25) is 9.69 Å². The van der Waals surface area contributed by atoms with E-state index in [4.69, 9.17) is 0 Å². The molecule has 4 heteroatoms. The molecular weight excluding hydrogens is 274 g/mol. The fourth-order valence-corrected chi connectivity index (χ4v) is 3.04. The van der Waals surface area contributed by atoms with Crippen LogP contribution in [0.2, 0.25) is 0 Å². The van der Waals surface area contributed by atoms with E-state index in [0.29, 0.717) is 19.1 Å². The molecule has 0 aromatic heterocycles. The maximum absolute atomic E-state index is 12.5. The molecule has 1 unspecified atom stereocenters. The van der Waals surface area contributed by atoms with Crippen molar-refractivity contribution in [2.45, 2.75) is 38.8 Å². The fraction of sp³-hybridized carbons (Fsp3) is 0.611. The van der Waals surface area contributed by atoms with Crippen LogP contribution in [0.15, 0.2) is 24.3 Å². The number of aryl methyl sites for hydroxylation is 1. The molecule has 1 atom stereocenters. The van der Waals surface area contributed by atoms with Gasteiger partial charge in [0.15, 0.2) is 0 Å². The van der Waals surface area contributed by atoms with Crippen molar-refractivity contribution < 1.29 is 4.79 Å². The van der Waals surface area contributed by atoms with E-state index in [9.17, 15) is 4.79 Å². The van der Waals surface area contributed by atoms with Crippen LogP contribution < -0.4 is 5.32 Å². The van der Waals surface area contributed by atoms with Crippen molar-refractivity contribution >= 4 is 5.91 Å². The highest BCUT2D eigenvalue weighted by molar-refractivity contribution is 5.78. The van der Waals surface area contributed by atoms with Crippen LogP contribution in [0.5, 0.6) is 0 Å². The van der Waals surface area contributed by atoms with Crippen LogP contribution >= 0.6 is 0 Å². The highest BCUT2D eigenvalue weighted by Gasteiger charge is 2.20. The molecule has 0 spiro atoms. The van der Waals surface area contributed by atoms with Crippen LogP contribution in [0.3, 0.4) is 0 Å². The zero-order valence-electron chi connectivity index (χ0n) is 14.1. The Morgan fingerprint density at radius 1 is 1.23 bits per heavy atom. The van der Waals surface area contributed by atoms with Crippen LogP contribution in [0, 0.1) is 6.92 Å². The molecular formula is C18H29N3O. The lowest BCUT2D eigenvalue weighted by Crippen LogP contribution is -2.41. The summed E-state index contributed by atoms with van der Waals surface area (Å²) in [4.78, 5) is 16.5. The van der Waals surface area contributed by atoms with Crippen LogP contribution in [-0.4, -0.2) is 55.5 Å². The van der Waals surface area contributed by atoms with E-state index in [0.717, 1.165) is 19.5 Å². The highest BCUT2D eigenvalue weighted by Crippen LogP contribution is 2.13. The molecule has 22 heavy (non-hydrogen) atoms. The quantitative estimate of drug-likeness (QED) is 0.904. The van der Waals surface area contributed by atoms with Gasteiger partial charge in [0.25, 0.3) is 0 Å². The second-order valence-corrected chi connectivity index (χ2v) is 6.43. The van der Waals surface area contributed by atoms with E-state index in [-0.39, 0.29) is 5.91 Å². The molecule has 1 aromatic rings. The molecule has 0 saturated carbocycles. The molecule has 1 aliphatic rings. The number of likely N-dealkylation sites (N-methyl/N-ethyl adjacent to an activating group) is 2. The standard InChI is InChI=1S/C18H29N3O/c1-15-7-4-5-8-16(15)13-21(3)18(22)14-20(2)17-9-6-11-19-12-10-17/h4-5,7-8,17,19H,6,9-14H2,1-3H3. The Morgan fingerprint density at radius 3 is 2.77 bits per heavy atom. The first kappa shape index (κ1) is 17.0. The van der Waals surface area contributed by atoms with E-state index in [1.165, 1.54) is 24.0 Å². The van der Waals surface area contributed by atoms with Crippen molar-refractivity contribution in [3.8, 4) is 0 Å². The third-order valence-corrected chi connectivity index (χ3v) is 4.65. The van der Waals surface area contributed by atoms with E-state index in [1.807, 2.05) is 24.1 Å². The van der Waals surface area contributed by atoms with E-state index in [1.54, 1.807) is 0 Å². The van der Waals surface area contributed by atoms with Gasteiger partial charge in [0.05, 0.1) is 6.54 Å². The summed E-state index contributed by atoms with van der Waals surface area (Å²) >= 11 is 0. The Bertz CT molecular complexity index is 481. The number of nitrogens with one attached hydrogen (secondary N) is 1. The van der Waals surface area contributed by atoms with E-state index in [2.05, 4.69) is 36.3 Å². The Hall–Kier alpha value is -1.39. The number of nitrogens with zero attached hydrogens (tertiary/aromatic N) is 2. The molecule has 1 aromatic carbocycles. The number of hydrogen-bond donors (Lipinski definition) is 1. The van der Waals surface area contributed by atoms with E-state index < -0.39 is 0 Å². The average Bonchev–Trinajstić information content (AvgIpc) is 2.78. The molecule has 1 aliphatic heterocycles. The van der Waals surface area contributed by atoms with Gasteiger partial charge in [-0.15, -0.1) is 0 Å². The van der Waals surface area contributed by atoms with Crippen LogP contribution in [-0.2, 0) is 11.3 Å². The monoisotopic (exact) mass is 303 g/mol. The summed E-state index contributed by atoms with van der Waals surface area (Å²) < 4.78 is 0. The van der Waals surface area contributed by atoms with Gasteiger partial charge in [-0.2, -0.15) is 0 Å². The third kappa shape index (κ3) is 4.82. The second-order valence-electron chi connectivity index (χ2n) is 6.43. The number of hydrogen-bond acceptors (Lipinski definition) is 3. The van der Waals surface area contributed by atoms with Crippen LogP contribution in [0.1, 0.15) is 30.4 Å². The largest absolute Gasteiger partial charge is 0.340 e. The third-order valence-electron chi connectivity index (χ3n) is 4.65. The zero-order chi connectivity index (χ0) is 15.9. The first-order chi connectivity index (χ1) is 10.6. The van der Waals surface area contributed by atoms with Crippen molar-refractivity contribution in [1.29, 1.82) is 0 Å². The first-order valence-electron chi connectivity index (χ1n) is 8.27. The van der Waals surface area contributed by atoms with Crippen molar-refractivity contribution in [1.82, 2.24) is 15.1 Å². The van der Waals surface area contributed by atoms with Crippen LogP contribution in [0.25, 0.3) is 0 Å². The SMILES string of the molecule is Cc1ccccc1CN(C)C(=O)CN(C)C1CCCNCC1. The number of benzene rings is 1. The van der Waals surface area contributed by atoms with Crippen molar-refractivity contribution in [3.05, 3.63) is 35.4 Å². The topological polar surface area (TPSA) is 35.6 Å². The molecule has 1 N–H and O–H groups in total. The van der Waals surface area contributed by atoms with Gasteiger partial charge >= 0.3 is 0 Å². The molecule has 1 saturated heterocycles. The molecule has 4 nitrogen and oxygen atoms in total. The summed E-state index contributed by atoms with van der Waals surface area (Å²) in [7, 11) is 3.98. The Morgan fingerprint density at radius 2 is 2.00 bits per heavy atom. The van der Waals surface area contributed by atoms with Gasteiger partial charge in [-0.05, 0) is 57.5 Å². The average molecular weight is 303 g/mol. The lowest BCUT2D eigenvalue weighted by molar-refractivity contribution is -0.131. The van der Waals surface area contributed by atoms with Gasteiger partial charge in [-0.25, -0.2) is 0 Å². The summed E-state index contributed by atoms with van der Waals surface area (Å²) in [6.45, 7) is 5.45. The summed E-state index contributed by atoms with van der Waals surface area (Å²) in [5.74, 6) is 0.197. The predicted octanol–water partition coefficient (Wildman–Crippen LogP) is 2.03. The van der Waals surface area contributed by atoms with Gasteiger partial charge < -0.3 is 10.2 Å². The molecule has 1 heterocycles. The summed E-state index contributed by atoms with van der Waals surface area (Å²) in [5, 5.41) is 3.43. The number of amides is 1. The maximum Gasteiger partial charge on any atom is 0.236 e. The maximum atomic E-state index is 12.5. The summed E-state index contributed by atoms with van der Waals surface area (Å²) in [6.07, 6.45) is 3.51. The smallest absolute Gasteiger partial charge is 0.236 e. The van der Waals surface area contributed by atoms with Gasteiger partial charge in [0.1, 0.15) is 0 Å².